The number of anilines is 1. The Morgan fingerprint density at radius 3 is 2.09 bits per heavy atom. The number of aliphatic hydroxyl groups excluding tert-OH is 1. The molecule has 1 saturated heterocycles. The van der Waals surface area contributed by atoms with Crippen molar-refractivity contribution in [3.63, 3.8) is 0 Å². The lowest BCUT2D eigenvalue weighted by Crippen LogP contribution is -2.53. The van der Waals surface area contributed by atoms with E-state index in [2.05, 4.69) is 5.32 Å². The Balaban J connectivity index is 1.38. The molecule has 4 rings (SSSR count). The Morgan fingerprint density at radius 1 is 0.875 bits per heavy atom. The standard InChI is InChI=1S/C23H25N3O6/c27-19(21(29)30)24-18-3-1-2-17(14-18)15-4-6-16(7-5-15)20(28)25-10-12-26(13-11-25)22(31)23(32)8-9-23/h1-7,14,21,29-30,32H,8-13H2,(H,24,27). The molecule has 9 nitrogen and oxygen atoms in total. The molecule has 32 heavy (non-hydrogen) atoms. The van der Waals surface area contributed by atoms with Crippen LogP contribution in [0.15, 0.2) is 48.5 Å². The quantitative estimate of drug-likeness (QED) is 0.500. The highest BCUT2D eigenvalue weighted by Gasteiger charge is 2.50. The van der Waals surface area contributed by atoms with Gasteiger partial charge < -0.3 is 30.4 Å². The molecular weight excluding hydrogens is 414 g/mol. The zero-order chi connectivity index (χ0) is 22.9. The molecule has 0 unspecified atom stereocenters. The maximum atomic E-state index is 12.9. The minimum Gasteiger partial charge on any atom is -0.380 e. The van der Waals surface area contributed by atoms with E-state index < -0.39 is 17.8 Å². The highest BCUT2D eigenvalue weighted by Crippen LogP contribution is 2.37. The van der Waals surface area contributed by atoms with Crippen molar-refractivity contribution in [1.82, 2.24) is 9.80 Å². The zero-order valence-corrected chi connectivity index (χ0v) is 17.4. The summed E-state index contributed by atoms with van der Waals surface area (Å²) in [7, 11) is 0. The summed E-state index contributed by atoms with van der Waals surface area (Å²) in [4.78, 5) is 39.9. The summed E-state index contributed by atoms with van der Waals surface area (Å²) in [5, 5.41) is 30.2. The van der Waals surface area contributed by atoms with Crippen molar-refractivity contribution in [2.75, 3.05) is 31.5 Å². The normalized spacial score (nSPS) is 17.2. The van der Waals surface area contributed by atoms with Crippen LogP contribution in [-0.4, -0.2) is 80.9 Å². The van der Waals surface area contributed by atoms with E-state index in [0.29, 0.717) is 50.3 Å². The van der Waals surface area contributed by atoms with Crippen LogP contribution in [0.5, 0.6) is 0 Å². The largest absolute Gasteiger partial charge is 0.380 e. The molecule has 2 fully saturated rings. The second kappa shape index (κ2) is 8.70. The molecule has 1 aliphatic carbocycles. The predicted molar refractivity (Wildman–Crippen MR) is 115 cm³/mol. The minimum absolute atomic E-state index is 0.119. The van der Waals surface area contributed by atoms with Gasteiger partial charge in [-0.1, -0.05) is 24.3 Å². The molecule has 1 heterocycles. The number of nitrogens with one attached hydrogen (secondary N) is 1. The second-order valence-electron chi connectivity index (χ2n) is 8.14. The third-order valence-electron chi connectivity index (χ3n) is 5.81. The number of carbonyl (C=O) groups is 3. The summed E-state index contributed by atoms with van der Waals surface area (Å²) < 4.78 is 0. The number of hydrogen-bond donors (Lipinski definition) is 4. The van der Waals surface area contributed by atoms with Gasteiger partial charge in [0.1, 0.15) is 5.60 Å². The molecule has 0 bridgehead atoms. The average Bonchev–Trinajstić information content (AvgIpc) is 3.57. The van der Waals surface area contributed by atoms with E-state index in [4.69, 9.17) is 10.2 Å². The molecule has 3 amide bonds. The van der Waals surface area contributed by atoms with E-state index in [0.717, 1.165) is 11.1 Å². The molecule has 1 aliphatic heterocycles. The summed E-state index contributed by atoms with van der Waals surface area (Å²) in [6.45, 7) is 1.65. The fourth-order valence-corrected chi connectivity index (χ4v) is 3.71. The highest BCUT2D eigenvalue weighted by atomic mass is 16.5. The molecule has 0 spiro atoms. The second-order valence-corrected chi connectivity index (χ2v) is 8.14. The number of rotatable bonds is 5. The van der Waals surface area contributed by atoms with Gasteiger partial charge in [0.25, 0.3) is 17.7 Å². The van der Waals surface area contributed by atoms with Gasteiger partial charge in [0, 0.05) is 37.4 Å². The van der Waals surface area contributed by atoms with Crippen LogP contribution in [0.2, 0.25) is 0 Å². The van der Waals surface area contributed by atoms with Gasteiger partial charge in [-0.05, 0) is 48.2 Å². The van der Waals surface area contributed by atoms with Crippen LogP contribution in [0.4, 0.5) is 5.69 Å². The van der Waals surface area contributed by atoms with E-state index >= 15 is 0 Å². The summed E-state index contributed by atoms with van der Waals surface area (Å²) in [6.07, 6.45) is -1.08. The molecule has 2 aromatic carbocycles. The first-order chi connectivity index (χ1) is 15.3. The molecular formula is C23H25N3O6. The molecule has 2 aromatic rings. The Labute approximate surface area is 184 Å². The van der Waals surface area contributed by atoms with E-state index in [1.807, 2.05) is 6.07 Å². The maximum absolute atomic E-state index is 12.9. The number of amides is 3. The predicted octanol–water partition coefficient (Wildman–Crippen LogP) is 0.412. The third kappa shape index (κ3) is 4.64. The Bertz CT molecular complexity index is 1020. The summed E-state index contributed by atoms with van der Waals surface area (Å²) >= 11 is 0. The van der Waals surface area contributed by atoms with E-state index in [-0.39, 0.29) is 11.8 Å². The van der Waals surface area contributed by atoms with Crippen molar-refractivity contribution in [3.05, 3.63) is 54.1 Å². The first kappa shape index (κ1) is 21.9. The van der Waals surface area contributed by atoms with Crippen LogP contribution in [0.25, 0.3) is 11.1 Å². The number of carbonyl (C=O) groups excluding carboxylic acids is 3. The number of benzene rings is 2. The Morgan fingerprint density at radius 2 is 1.50 bits per heavy atom. The molecule has 0 radical (unpaired) electrons. The van der Waals surface area contributed by atoms with Crippen LogP contribution in [0.1, 0.15) is 23.2 Å². The van der Waals surface area contributed by atoms with Crippen molar-refractivity contribution in [1.29, 1.82) is 0 Å². The first-order valence-corrected chi connectivity index (χ1v) is 10.5. The van der Waals surface area contributed by atoms with Crippen molar-refractivity contribution in [2.45, 2.75) is 24.7 Å². The molecule has 0 aromatic heterocycles. The van der Waals surface area contributed by atoms with Crippen LogP contribution >= 0.6 is 0 Å². The zero-order valence-electron chi connectivity index (χ0n) is 17.4. The molecule has 1 saturated carbocycles. The van der Waals surface area contributed by atoms with Crippen LogP contribution in [-0.2, 0) is 9.59 Å². The molecule has 0 atom stereocenters. The van der Waals surface area contributed by atoms with Crippen molar-refractivity contribution < 1.29 is 29.7 Å². The number of piperazine rings is 1. The summed E-state index contributed by atoms with van der Waals surface area (Å²) in [6, 6.07) is 14.0. The fourth-order valence-electron chi connectivity index (χ4n) is 3.71. The van der Waals surface area contributed by atoms with Gasteiger partial charge in [-0.25, -0.2) is 0 Å². The van der Waals surface area contributed by atoms with E-state index in [1.54, 1.807) is 52.3 Å². The van der Waals surface area contributed by atoms with Gasteiger partial charge >= 0.3 is 0 Å². The number of aliphatic hydroxyl groups is 3. The van der Waals surface area contributed by atoms with Gasteiger partial charge in [0.15, 0.2) is 0 Å². The van der Waals surface area contributed by atoms with Gasteiger partial charge in [-0.15, -0.1) is 0 Å². The summed E-state index contributed by atoms with van der Waals surface area (Å²) in [5.74, 6) is -1.27. The fraction of sp³-hybridized carbons (Fsp3) is 0.348. The maximum Gasteiger partial charge on any atom is 0.280 e. The van der Waals surface area contributed by atoms with E-state index in [9.17, 15) is 19.5 Å². The smallest absolute Gasteiger partial charge is 0.280 e. The highest BCUT2D eigenvalue weighted by molar-refractivity contribution is 5.96. The topological polar surface area (TPSA) is 130 Å². The molecule has 168 valence electrons. The van der Waals surface area contributed by atoms with Crippen LogP contribution in [0, 0.1) is 0 Å². The first-order valence-electron chi connectivity index (χ1n) is 10.5. The molecule has 2 aliphatic rings. The lowest BCUT2D eigenvalue weighted by Gasteiger charge is -2.35. The van der Waals surface area contributed by atoms with Gasteiger partial charge in [-0.3, -0.25) is 14.4 Å². The molecule has 4 N–H and O–H groups in total. The Hall–Kier alpha value is -3.27. The lowest BCUT2D eigenvalue weighted by molar-refractivity contribution is -0.144. The third-order valence-corrected chi connectivity index (χ3v) is 5.81. The number of hydrogen-bond acceptors (Lipinski definition) is 6. The monoisotopic (exact) mass is 439 g/mol. The van der Waals surface area contributed by atoms with Crippen molar-refractivity contribution >= 4 is 23.4 Å². The molecule has 9 heteroatoms. The number of nitrogens with zero attached hydrogens (tertiary/aromatic N) is 2. The van der Waals surface area contributed by atoms with E-state index in [1.165, 1.54) is 0 Å². The SMILES string of the molecule is O=C(Nc1cccc(-c2ccc(C(=O)N3CCN(C(=O)C4(O)CC4)CC3)cc2)c1)C(O)O. The van der Waals surface area contributed by atoms with Crippen LogP contribution < -0.4 is 5.32 Å². The van der Waals surface area contributed by atoms with Crippen molar-refractivity contribution in [2.24, 2.45) is 0 Å². The van der Waals surface area contributed by atoms with Crippen molar-refractivity contribution in [3.8, 4) is 11.1 Å². The Kier molecular flexibility index (Phi) is 5.96. The van der Waals surface area contributed by atoms with Gasteiger partial charge in [0.05, 0.1) is 0 Å². The lowest BCUT2D eigenvalue weighted by atomic mass is 10.0. The van der Waals surface area contributed by atoms with Crippen LogP contribution in [0.3, 0.4) is 0 Å². The average molecular weight is 439 g/mol. The summed E-state index contributed by atoms with van der Waals surface area (Å²) in [5.41, 5.74) is 1.39. The van der Waals surface area contributed by atoms with Gasteiger partial charge in [-0.2, -0.15) is 0 Å². The van der Waals surface area contributed by atoms with Gasteiger partial charge in [0.2, 0.25) is 6.29 Å². The minimum atomic E-state index is -2.09.